The number of anilines is 1. The first kappa shape index (κ1) is 14.7. The molecule has 0 radical (unpaired) electrons. The monoisotopic (exact) mass is 288 g/mol. The molecule has 0 aromatic heterocycles. The molecule has 2 aliphatic rings. The van der Waals surface area contributed by atoms with E-state index < -0.39 is 0 Å². The molecule has 2 atom stereocenters. The van der Waals surface area contributed by atoms with Gasteiger partial charge in [-0.15, -0.1) is 0 Å². The lowest BCUT2D eigenvalue weighted by atomic mass is 9.88. The second kappa shape index (κ2) is 6.69. The quantitative estimate of drug-likeness (QED) is 0.923. The third kappa shape index (κ3) is 3.70. The third-order valence-corrected chi connectivity index (χ3v) is 4.75. The Morgan fingerprint density at radius 2 is 2.00 bits per heavy atom. The van der Waals surface area contributed by atoms with Crippen molar-refractivity contribution in [1.82, 2.24) is 5.32 Å². The molecule has 0 spiro atoms. The van der Waals surface area contributed by atoms with Crippen LogP contribution >= 0.6 is 0 Å². The van der Waals surface area contributed by atoms with Crippen molar-refractivity contribution in [3.05, 3.63) is 23.8 Å². The smallest absolute Gasteiger partial charge is 0.143 e. The summed E-state index contributed by atoms with van der Waals surface area (Å²) in [6.45, 7) is 8.78. The average Bonchev–Trinajstić information content (AvgIpc) is 2.50. The summed E-state index contributed by atoms with van der Waals surface area (Å²) in [6, 6.07) is 6.63. The number of hydrogen-bond donors (Lipinski definition) is 1. The Hall–Kier alpha value is -1.22. The maximum absolute atomic E-state index is 6.40. The number of ether oxygens (including phenoxy) is 1. The summed E-state index contributed by atoms with van der Waals surface area (Å²) < 4.78 is 6.40. The van der Waals surface area contributed by atoms with Gasteiger partial charge in [-0.2, -0.15) is 0 Å². The predicted molar refractivity (Wildman–Crippen MR) is 88.3 cm³/mol. The molecule has 1 aliphatic carbocycles. The lowest BCUT2D eigenvalue weighted by molar-refractivity contribution is 0.129. The second-order valence-corrected chi connectivity index (χ2v) is 6.72. The van der Waals surface area contributed by atoms with Crippen molar-refractivity contribution in [3.8, 4) is 5.75 Å². The Morgan fingerprint density at radius 1 is 1.19 bits per heavy atom. The zero-order valence-corrected chi connectivity index (χ0v) is 13.4. The van der Waals surface area contributed by atoms with Gasteiger partial charge in [-0.1, -0.05) is 19.4 Å². The van der Waals surface area contributed by atoms with E-state index in [0.717, 1.165) is 37.8 Å². The zero-order valence-electron chi connectivity index (χ0n) is 13.4. The Balaban J connectivity index is 1.77. The molecule has 1 saturated heterocycles. The molecule has 1 saturated carbocycles. The van der Waals surface area contributed by atoms with Crippen molar-refractivity contribution >= 4 is 5.69 Å². The molecule has 2 unspecified atom stereocenters. The number of benzene rings is 1. The Bertz CT molecular complexity index is 468. The summed E-state index contributed by atoms with van der Waals surface area (Å²) in [6.07, 6.45) is 5.48. The Labute approximate surface area is 128 Å². The van der Waals surface area contributed by atoms with Crippen LogP contribution in [0.25, 0.3) is 0 Å². The van der Waals surface area contributed by atoms with Gasteiger partial charge in [-0.05, 0) is 49.8 Å². The summed E-state index contributed by atoms with van der Waals surface area (Å²) in [5, 5.41) is 3.42. The molecule has 21 heavy (non-hydrogen) atoms. The predicted octanol–water partition coefficient (Wildman–Crippen LogP) is 3.36. The van der Waals surface area contributed by atoms with Gasteiger partial charge in [0.15, 0.2) is 0 Å². The van der Waals surface area contributed by atoms with E-state index in [4.69, 9.17) is 4.74 Å². The molecule has 3 nitrogen and oxygen atoms in total. The van der Waals surface area contributed by atoms with E-state index in [0.29, 0.717) is 6.10 Å². The van der Waals surface area contributed by atoms with Crippen molar-refractivity contribution in [3.63, 3.8) is 0 Å². The highest BCUT2D eigenvalue weighted by Crippen LogP contribution is 2.34. The van der Waals surface area contributed by atoms with Crippen LogP contribution in [0.5, 0.6) is 5.75 Å². The minimum atomic E-state index is 0.401. The number of nitrogens with zero attached hydrogens (tertiary/aromatic N) is 1. The highest BCUT2D eigenvalue weighted by molar-refractivity contribution is 5.60. The molecule has 1 aromatic carbocycles. The van der Waals surface area contributed by atoms with Gasteiger partial charge in [-0.25, -0.2) is 0 Å². The number of aryl methyl sites for hydroxylation is 1. The highest BCUT2D eigenvalue weighted by atomic mass is 16.5. The molecule has 2 fully saturated rings. The SMILES string of the molecule is Cc1ccc(OC2CCCC(C)C2)c(N2CCNCC2)c1. The fourth-order valence-electron chi connectivity index (χ4n) is 3.54. The number of nitrogens with one attached hydrogen (secondary N) is 1. The summed E-state index contributed by atoms with van der Waals surface area (Å²) >= 11 is 0. The largest absolute Gasteiger partial charge is 0.488 e. The van der Waals surface area contributed by atoms with Crippen LogP contribution in [0, 0.1) is 12.8 Å². The summed E-state index contributed by atoms with van der Waals surface area (Å²) in [7, 11) is 0. The topological polar surface area (TPSA) is 24.5 Å². The van der Waals surface area contributed by atoms with Gasteiger partial charge in [0.1, 0.15) is 5.75 Å². The van der Waals surface area contributed by atoms with E-state index in [2.05, 4.69) is 42.3 Å². The van der Waals surface area contributed by atoms with Crippen LogP contribution in [0.1, 0.15) is 38.2 Å². The molecule has 1 aromatic rings. The molecule has 0 bridgehead atoms. The number of hydrogen-bond acceptors (Lipinski definition) is 3. The molecule has 1 N–H and O–H groups in total. The van der Waals surface area contributed by atoms with Crippen molar-refractivity contribution in [2.45, 2.75) is 45.6 Å². The van der Waals surface area contributed by atoms with Crippen molar-refractivity contribution < 1.29 is 4.74 Å². The van der Waals surface area contributed by atoms with E-state index in [1.54, 1.807) is 0 Å². The Morgan fingerprint density at radius 3 is 2.76 bits per heavy atom. The molecule has 1 heterocycles. The van der Waals surface area contributed by atoms with Crippen LogP contribution in [-0.4, -0.2) is 32.3 Å². The second-order valence-electron chi connectivity index (χ2n) is 6.72. The molecular weight excluding hydrogens is 260 g/mol. The molecule has 3 rings (SSSR count). The first-order valence-corrected chi connectivity index (χ1v) is 8.45. The van der Waals surface area contributed by atoms with Crippen molar-refractivity contribution in [1.29, 1.82) is 0 Å². The number of piperazine rings is 1. The minimum absolute atomic E-state index is 0.401. The Kier molecular flexibility index (Phi) is 4.69. The molecule has 1 aliphatic heterocycles. The normalized spacial score (nSPS) is 26.7. The van der Waals surface area contributed by atoms with Gasteiger partial charge < -0.3 is 15.0 Å². The molecule has 116 valence electrons. The fraction of sp³-hybridized carbons (Fsp3) is 0.667. The van der Waals surface area contributed by atoms with Gasteiger partial charge in [0.05, 0.1) is 11.8 Å². The van der Waals surface area contributed by atoms with Crippen LogP contribution in [-0.2, 0) is 0 Å². The van der Waals surface area contributed by atoms with Crippen LogP contribution in [0.3, 0.4) is 0 Å². The van der Waals surface area contributed by atoms with Crippen molar-refractivity contribution in [2.75, 3.05) is 31.1 Å². The lowest BCUT2D eigenvalue weighted by Crippen LogP contribution is -2.43. The van der Waals surface area contributed by atoms with Crippen LogP contribution < -0.4 is 15.0 Å². The van der Waals surface area contributed by atoms with E-state index in [9.17, 15) is 0 Å². The molecular formula is C18H28N2O. The van der Waals surface area contributed by atoms with Gasteiger partial charge in [-0.3, -0.25) is 0 Å². The van der Waals surface area contributed by atoms with E-state index >= 15 is 0 Å². The van der Waals surface area contributed by atoms with Crippen LogP contribution in [0.15, 0.2) is 18.2 Å². The molecule has 3 heteroatoms. The van der Waals surface area contributed by atoms with E-state index in [1.165, 1.54) is 36.9 Å². The van der Waals surface area contributed by atoms with Gasteiger partial charge in [0.2, 0.25) is 0 Å². The van der Waals surface area contributed by atoms with Gasteiger partial charge in [0, 0.05) is 26.2 Å². The van der Waals surface area contributed by atoms with Crippen LogP contribution in [0.2, 0.25) is 0 Å². The summed E-state index contributed by atoms with van der Waals surface area (Å²) in [5.74, 6) is 1.89. The minimum Gasteiger partial charge on any atom is -0.488 e. The zero-order chi connectivity index (χ0) is 14.7. The van der Waals surface area contributed by atoms with Gasteiger partial charge >= 0.3 is 0 Å². The van der Waals surface area contributed by atoms with Gasteiger partial charge in [0.25, 0.3) is 0 Å². The van der Waals surface area contributed by atoms with Crippen molar-refractivity contribution in [2.24, 2.45) is 5.92 Å². The molecule has 0 amide bonds. The first-order chi connectivity index (χ1) is 10.2. The first-order valence-electron chi connectivity index (χ1n) is 8.45. The summed E-state index contributed by atoms with van der Waals surface area (Å²) in [5.41, 5.74) is 2.60. The summed E-state index contributed by atoms with van der Waals surface area (Å²) in [4.78, 5) is 2.46. The average molecular weight is 288 g/mol. The number of rotatable bonds is 3. The van der Waals surface area contributed by atoms with Crippen LogP contribution in [0.4, 0.5) is 5.69 Å². The maximum Gasteiger partial charge on any atom is 0.143 e. The lowest BCUT2D eigenvalue weighted by Gasteiger charge is -2.33. The standard InChI is InChI=1S/C18H28N2O/c1-14-4-3-5-16(12-14)21-18-7-6-15(2)13-17(18)20-10-8-19-9-11-20/h6-7,13-14,16,19H,3-5,8-12H2,1-2H3. The maximum atomic E-state index is 6.40. The highest BCUT2D eigenvalue weighted by Gasteiger charge is 2.22. The van der Waals surface area contributed by atoms with E-state index in [-0.39, 0.29) is 0 Å². The van der Waals surface area contributed by atoms with E-state index in [1.807, 2.05) is 0 Å². The fourth-order valence-corrected chi connectivity index (χ4v) is 3.54. The third-order valence-electron chi connectivity index (χ3n) is 4.75.